The molecule has 0 aliphatic carbocycles. The van der Waals surface area contributed by atoms with Crippen molar-refractivity contribution in [2.24, 2.45) is 0 Å². The van der Waals surface area contributed by atoms with Gasteiger partial charge in [0.05, 0.1) is 0 Å². The molecule has 2 aromatic rings. The van der Waals surface area contributed by atoms with Gasteiger partial charge in [0.15, 0.2) is 0 Å². The van der Waals surface area contributed by atoms with Gasteiger partial charge in [-0.1, -0.05) is 28.1 Å². The summed E-state index contributed by atoms with van der Waals surface area (Å²) in [7, 11) is 0. The van der Waals surface area contributed by atoms with Crippen LogP contribution in [0.15, 0.2) is 34.8 Å². The minimum atomic E-state index is 0.392. The number of phenolic OH excluding ortho intramolecular Hbond substituents is 1. The molecule has 2 nitrogen and oxygen atoms in total. The number of aromatic hydroxyl groups is 1. The van der Waals surface area contributed by atoms with Gasteiger partial charge in [0, 0.05) is 16.7 Å². The number of phenols is 1. The average molecular weight is 320 g/mol. The van der Waals surface area contributed by atoms with E-state index in [1.165, 1.54) is 11.1 Å². The van der Waals surface area contributed by atoms with Gasteiger partial charge in [0.25, 0.3) is 0 Å². The molecule has 0 amide bonds. The quantitative estimate of drug-likeness (QED) is 0.860. The summed E-state index contributed by atoms with van der Waals surface area (Å²) >= 11 is 3.50. The first-order valence-electron chi connectivity index (χ1n) is 6.26. The van der Waals surface area contributed by atoms with Crippen LogP contribution in [0.1, 0.15) is 22.3 Å². The Morgan fingerprint density at radius 1 is 1.00 bits per heavy atom. The number of rotatable bonds is 3. The zero-order chi connectivity index (χ0) is 14.0. The number of hydrogen-bond donors (Lipinski definition) is 2. The molecule has 2 aromatic carbocycles. The Labute approximate surface area is 122 Å². The molecular weight excluding hydrogens is 302 g/mol. The van der Waals surface area contributed by atoms with E-state index in [2.05, 4.69) is 40.3 Å². The average Bonchev–Trinajstić information content (AvgIpc) is 2.37. The van der Waals surface area contributed by atoms with Crippen molar-refractivity contribution in [1.29, 1.82) is 0 Å². The highest BCUT2D eigenvalue weighted by atomic mass is 79.9. The Morgan fingerprint density at radius 2 is 1.63 bits per heavy atom. The molecule has 0 fully saturated rings. The van der Waals surface area contributed by atoms with E-state index in [4.69, 9.17) is 0 Å². The lowest BCUT2D eigenvalue weighted by molar-refractivity contribution is 0.466. The number of halogens is 1. The number of nitrogens with one attached hydrogen (secondary N) is 1. The Morgan fingerprint density at radius 3 is 2.21 bits per heavy atom. The third kappa shape index (κ3) is 3.29. The third-order valence-electron chi connectivity index (χ3n) is 3.21. The van der Waals surface area contributed by atoms with Gasteiger partial charge in [-0.2, -0.15) is 0 Å². The fraction of sp³-hybridized carbons (Fsp3) is 0.250. The maximum Gasteiger partial charge on any atom is 0.121 e. The highest BCUT2D eigenvalue weighted by Crippen LogP contribution is 2.24. The van der Waals surface area contributed by atoms with Crippen molar-refractivity contribution in [3.8, 4) is 5.75 Å². The van der Waals surface area contributed by atoms with E-state index in [9.17, 15) is 5.11 Å². The van der Waals surface area contributed by atoms with Crippen molar-refractivity contribution in [3.05, 3.63) is 57.1 Å². The number of aryl methyl sites for hydroxylation is 3. The summed E-state index contributed by atoms with van der Waals surface area (Å²) in [5, 5.41) is 13.2. The van der Waals surface area contributed by atoms with Crippen LogP contribution in [0.3, 0.4) is 0 Å². The van der Waals surface area contributed by atoms with Crippen LogP contribution in [-0.4, -0.2) is 5.11 Å². The molecular formula is C16H18BrNO. The zero-order valence-electron chi connectivity index (χ0n) is 11.4. The molecule has 0 radical (unpaired) electrons. The lowest BCUT2D eigenvalue weighted by Gasteiger charge is -2.11. The van der Waals surface area contributed by atoms with Gasteiger partial charge >= 0.3 is 0 Å². The van der Waals surface area contributed by atoms with Crippen LogP contribution in [-0.2, 0) is 6.54 Å². The van der Waals surface area contributed by atoms with E-state index in [0.29, 0.717) is 5.75 Å². The topological polar surface area (TPSA) is 32.3 Å². The van der Waals surface area contributed by atoms with Gasteiger partial charge in [-0.3, -0.25) is 0 Å². The van der Waals surface area contributed by atoms with Crippen LogP contribution in [0.4, 0.5) is 5.69 Å². The van der Waals surface area contributed by atoms with Gasteiger partial charge in [-0.05, 0) is 61.2 Å². The largest absolute Gasteiger partial charge is 0.507 e. The highest BCUT2D eigenvalue weighted by molar-refractivity contribution is 9.10. The van der Waals surface area contributed by atoms with Crippen LogP contribution in [0.5, 0.6) is 5.75 Å². The lowest BCUT2D eigenvalue weighted by Crippen LogP contribution is -2.00. The molecule has 100 valence electrons. The van der Waals surface area contributed by atoms with Crippen molar-refractivity contribution in [2.75, 3.05) is 5.32 Å². The van der Waals surface area contributed by atoms with Crippen molar-refractivity contribution >= 4 is 21.6 Å². The summed E-state index contributed by atoms with van der Waals surface area (Å²) in [4.78, 5) is 0. The number of benzene rings is 2. The minimum absolute atomic E-state index is 0.392. The first-order chi connectivity index (χ1) is 8.97. The van der Waals surface area contributed by atoms with Crippen LogP contribution < -0.4 is 5.32 Å². The van der Waals surface area contributed by atoms with E-state index in [0.717, 1.165) is 27.8 Å². The smallest absolute Gasteiger partial charge is 0.121 e. The minimum Gasteiger partial charge on any atom is -0.507 e. The maximum absolute atomic E-state index is 9.76. The summed E-state index contributed by atoms with van der Waals surface area (Å²) < 4.78 is 1.12. The Bertz CT molecular complexity index is 585. The second-order valence-electron chi connectivity index (χ2n) is 4.90. The Balaban J connectivity index is 2.12. The van der Waals surface area contributed by atoms with E-state index in [1.54, 1.807) is 0 Å². The van der Waals surface area contributed by atoms with Gasteiger partial charge in [-0.15, -0.1) is 0 Å². The fourth-order valence-corrected chi connectivity index (χ4v) is 2.35. The first kappa shape index (κ1) is 13.9. The van der Waals surface area contributed by atoms with Crippen LogP contribution in [0.2, 0.25) is 0 Å². The van der Waals surface area contributed by atoms with Crippen molar-refractivity contribution in [3.63, 3.8) is 0 Å². The second kappa shape index (κ2) is 5.66. The van der Waals surface area contributed by atoms with Crippen LogP contribution >= 0.6 is 15.9 Å². The number of anilines is 1. The molecule has 0 saturated carbocycles. The molecule has 0 aliphatic heterocycles. The second-order valence-corrected chi connectivity index (χ2v) is 5.75. The molecule has 0 atom stereocenters. The van der Waals surface area contributed by atoms with Gasteiger partial charge in [0.2, 0.25) is 0 Å². The fourth-order valence-electron chi connectivity index (χ4n) is 2.11. The van der Waals surface area contributed by atoms with E-state index >= 15 is 0 Å². The third-order valence-corrected chi connectivity index (χ3v) is 4.10. The SMILES string of the molecule is Cc1cc(NCc2cc(C)c(O)c(C)c2)ccc1Br. The lowest BCUT2D eigenvalue weighted by atomic mass is 10.1. The van der Waals surface area contributed by atoms with Gasteiger partial charge in [0.1, 0.15) is 5.75 Å². The highest BCUT2D eigenvalue weighted by Gasteiger charge is 2.03. The number of hydrogen-bond acceptors (Lipinski definition) is 2. The summed E-state index contributed by atoms with van der Waals surface area (Å²) in [5.41, 5.74) is 5.33. The molecule has 0 unspecified atom stereocenters. The Kier molecular flexibility index (Phi) is 4.15. The van der Waals surface area contributed by atoms with Crippen LogP contribution in [0, 0.1) is 20.8 Å². The summed E-state index contributed by atoms with van der Waals surface area (Å²) in [6, 6.07) is 10.2. The van der Waals surface area contributed by atoms with Gasteiger partial charge < -0.3 is 10.4 Å². The monoisotopic (exact) mass is 319 g/mol. The molecule has 2 N–H and O–H groups in total. The molecule has 2 rings (SSSR count). The standard InChI is InChI=1S/C16H18BrNO/c1-10-8-14(4-5-15(10)17)18-9-13-6-11(2)16(19)12(3)7-13/h4-8,18-19H,9H2,1-3H3. The van der Waals surface area contributed by atoms with E-state index < -0.39 is 0 Å². The molecule has 19 heavy (non-hydrogen) atoms. The molecule has 0 heterocycles. The molecule has 0 aliphatic rings. The van der Waals surface area contributed by atoms with Gasteiger partial charge in [-0.25, -0.2) is 0 Å². The summed E-state index contributed by atoms with van der Waals surface area (Å²) in [6.45, 7) is 6.68. The predicted molar refractivity (Wildman–Crippen MR) is 83.8 cm³/mol. The Hall–Kier alpha value is -1.48. The molecule has 0 saturated heterocycles. The van der Waals surface area contributed by atoms with Crippen molar-refractivity contribution in [2.45, 2.75) is 27.3 Å². The van der Waals surface area contributed by atoms with E-state index in [1.807, 2.05) is 32.0 Å². The van der Waals surface area contributed by atoms with Crippen LogP contribution in [0.25, 0.3) is 0 Å². The van der Waals surface area contributed by atoms with Crippen molar-refractivity contribution < 1.29 is 5.11 Å². The summed E-state index contributed by atoms with van der Waals surface area (Å²) in [6.07, 6.45) is 0. The molecule has 0 spiro atoms. The zero-order valence-corrected chi connectivity index (χ0v) is 13.0. The normalized spacial score (nSPS) is 10.5. The molecule has 0 aromatic heterocycles. The van der Waals surface area contributed by atoms with Crippen molar-refractivity contribution in [1.82, 2.24) is 0 Å². The molecule has 3 heteroatoms. The molecule has 0 bridgehead atoms. The maximum atomic E-state index is 9.76. The van der Waals surface area contributed by atoms with E-state index in [-0.39, 0.29) is 0 Å². The summed E-state index contributed by atoms with van der Waals surface area (Å²) in [5.74, 6) is 0.392. The predicted octanol–water partition coefficient (Wildman–Crippen LogP) is 4.69. The first-order valence-corrected chi connectivity index (χ1v) is 7.06.